The standard InChI is InChI=1S/C8H17O.Al/c1-3-5-6-7-8(9)4-2;/h8H,3-7H2,1-2H3;/q-1;+3. The van der Waals surface area contributed by atoms with E-state index in [4.69, 9.17) is 3.79 Å². The second-order valence-electron chi connectivity index (χ2n) is 2.66. The fourth-order valence-electron chi connectivity index (χ4n) is 0.990. The first kappa shape index (κ1) is 10.5. The van der Waals surface area contributed by atoms with E-state index < -0.39 is 0 Å². The summed E-state index contributed by atoms with van der Waals surface area (Å²) in [4.78, 5) is 0. The summed E-state index contributed by atoms with van der Waals surface area (Å²) in [7, 11) is 0. The van der Waals surface area contributed by atoms with Crippen molar-refractivity contribution < 1.29 is 3.79 Å². The third kappa shape index (κ3) is 5.29. The molecule has 1 atom stereocenters. The molecule has 0 heterocycles. The van der Waals surface area contributed by atoms with Crippen LogP contribution in [0, 0.1) is 0 Å². The first-order valence-electron chi connectivity index (χ1n) is 4.20. The van der Waals surface area contributed by atoms with E-state index in [1.807, 2.05) is 0 Å². The number of hydrogen-bond acceptors (Lipinski definition) is 1. The predicted molar refractivity (Wildman–Crippen MR) is 45.1 cm³/mol. The third-order valence-electron chi connectivity index (χ3n) is 1.78. The molecule has 0 aliphatic heterocycles. The van der Waals surface area contributed by atoms with Crippen LogP contribution >= 0.6 is 0 Å². The molecular weight excluding hydrogens is 139 g/mol. The molecule has 56 valence electrons. The van der Waals surface area contributed by atoms with Gasteiger partial charge in [0.05, 0.1) is 0 Å². The zero-order valence-corrected chi connectivity index (χ0v) is 8.25. The quantitative estimate of drug-likeness (QED) is 0.424. The van der Waals surface area contributed by atoms with E-state index >= 15 is 0 Å². The van der Waals surface area contributed by atoms with Crippen molar-refractivity contribution in [1.82, 2.24) is 0 Å². The van der Waals surface area contributed by atoms with E-state index in [1.54, 1.807) is 0 Å². The summed E-state index contributed by atoms with van der Waals surface area (Å²) in [5.41, 5.74) is 0. The van der Waals surface area contributed by atoms with Gasteiger partial charge in [-0.1, -0.05) is 0 Å². The molecule has 0 radical (unpaired) electrons. The summed E-state index contributed by atoms with van der Waals surface area (Å²) in [6.07, 6.45) is 6.76. The van der Waals surface area contributed by atoms with Gasteiger partial charge in [0.25, 0.3) is 0 Å². The van der Waals surface area contributed by atoms with Crippen molar-refractivity contribution in [2.75, 3.05) is 0 Å². The molecule has 1 unspecified atom stereocenters. The van der Waals surface area contributed by atoms with Crippen molar-refractivity contribution >= 4 is 16.6 Å². The van der Waals surface area contributed by atoms with E-state index in [0.717, 1.165) is 6.42 Å². The molecule has 0 fully saturated rings. The van der Waals surface area contributed by atoms with Crippen LogP contribution in [-0.2, 0) is 3.79 Å². The molecule has 2 heteroatoms. The van der Waals surface area contributed by atoms with E-state index in [1.165, 1.54) is 25.7 Å². The molecule has 0 bridgehead atoms. The average molecular weight is 156 g/mol. The van der Waals surface area contributed by atoms with Crippen molar-refractivity contribution in [3.8, 4) is 0 Å². The van der Waals surface area contributed by atoms with Crippen molar-refractivity contribution in [3.63, 3.8) is 0 Å². The van der Waals surface area contributed by atoms with Crippen LogP contribution in [0.4, 0.5) is 0 Å². The maximum atomic E-state index is 5.16. The molecular formula is C8H17AlO+2. The molecule has 0 aromatic carbocycles. The van der Waals surface area contributed by atoms with E-state index in [9.17, 15) is 0 Å². The number of unbranched alkanes of at least 4 members (excludes halogenated alkanes) is 2. The number of hydrogen-bond donors (Lipinski definition) is 0. The Morgan fingerprint density at radius 3 is 2.40 bits per heavy atom. The minimum atomic E-state index is 0.469. The van der Waals surface area contributed by atoms with Crippen LogP contribution in [0.1, 0.15) is 46.0 Å². The first-order valence-corrected chi connectivity index (χ1v) is 4.67. The molecule has 1 nitrogen and oxygen atoms in total. The van der Waals surface area contributed by atoms with Gasteiger partial charge in [-0.2, -0.15) is 0 Å². The van der Waals surface area contributed by atoms with Crippen LogP contribution in [0.3, 0.4) is 0 Å². The maximum absolute atomic E-state index is 5.16. The van der Waals surface area contributed by atoms with Crippen LogP contribution in [-0.4, -0.2) is 22.7 Å². The van der Waals surface area contributed by atoms with Crippen LogP contribution < -0.4 is 0 Å². The van der Waals surface area contributed by atoms with Gasteiger partial charge in [-0.3, -0.25) is 0 Å². The SMILES string of the molecule is CCCCCC(CC)[O][Al+2]. The van der Waals surface area contributed by atoms with Crippen LogP contribution in [0.25, 0.3) is 0 Å². The van der Waals surface area contributed by atoms with Gasteiger partial charge in [-0.15, -0.1) is 0 Å². The summed E-state index contributed by atoms with van der Waals surface area (Å²) in [6, 6.07) is 0. The topological polar surface area (TPSA) is 9.23 Å². The van der Waals surface area contributed by atoms with Gasteiger partial charge in [0.2, 0.25) is 0 Å². The first-order chi connectivity index (χ1) is 4.85. The minimum absolute atomic E-state index is 0.469. The molecule has 0 saturated heterocycles. The molecule has 0 amide bonds. The third-order valence-corrected chi connectivity index (χ3v) is 2.16. The molecule has 0 N–H and O–H groups in total. The molecule has 0 aromatic heterocycles. The average Bonchev–Trinajstić information content (AvgIpc) is 1.99. The van der Waals surface area contributed by atoms with Crippen LogP contribution in [0.5, 0.6) is 0 Å². The molecule has 0 saturated carbocycles. The van der Waals surface area contributed by atoms with Crippen LogP contribution in [0.15, 0.2) is 0 Å². The van der Waals surface area contributed by atoms with Gasteiger partial charge >= 0.3 is 72.5 Å². The Hall–Kier alpha value is 0.492. The van der Waals surface area contributed by atoms with Gasteiger partial charge in [0.1, 0.15) is 0 Å². The summed E-state index contributed by atoms with van der Waals surface area (Å²) < 4.78 is 5.16. The summed E-state index contributed by atoms with van der Waals surface area (Å²) in [5.74, 6) is 0. The molecule has 0 aliphatic rings. The van der Waals surface area contributed by atoms with E-state index in [-0.39, 0.29) is 0 Å². The van der Waals surface area contributed by atoms with Gasteiger partial charge in [0, 0.05) is 0 Å². The Morgan fingerprint density at radius 2 is 2.00 bits per heavy atom. The van der Waals surface area contributed by atoms with Crippen LogP contribution in [0.2, 0.25) is 0 Å². The predicted octanol–water partition coefficient (Wildman–Crippen LogP) is 2.45. The van der Waals surface area contributed by atoms with Crippen molar-refractivity contribution in [1.29, 1.82) is 0 Å². The zero-order valence-electron chi connectivity index (χ0n) is 7.10. The zero-order chi connectivity index (χ0) is 7.82. The summed E-state index contributed by atoms with van der Waals surface area (Å²) >= 11 is 2.35. The second-order valence-corrected chi connectivity index (χ2v) is 2.93. The Bertz CT molecular complexity index is 62.3. The van der Waals surface area contributed by atoms with Crippen molar-refractivity contribution in [3.05, 3.63) is 0 Å². The van der Waals surface area contributed by atoms with E-state index in [2.05, 4.69) is 30.5 Å². The van der Waals surface area contributed by atoms with Gasteiger partial charge in [-0.05, 0) is 0 Å². The van der Waals surface area contributed by atoms with E-state index in [0.29, 0.717) is 6.10 Å². The Labute approximate surface area is 72.9 Å². The van der Waals surface area contributed by atoms with Gasteiger partial charge in [-0.25, -0.2) is 0 Å². The summed E-state index contributed by atoms with van der Waals surface area (Å²) in [6.45, 7) is 4.39. The Kier molecular flexibility index (Phi) is 7.97. The molecule has 0 rings (SSSR count). The normalized spacial score (nSPS) is 13.6. The summed E-state index contributed by atoms with van der Waals surface area (Å²) in [5, 5.41) is 0. The van der Waals surface area contributed by atoms with Crippen molar-refractivity contribution in [2.45, 2.75) is 52.1 Å². The molecule has 0 aromatic rings. The second kappa shape index (κ2) is 7.60. The molecule has 10 heavy (non-hydrogen) atoms. The monoisotopic (exact) mass is 156 g/mol. The Balaban J connectivity index is 3.09. The molecule has 0 aliphatic carbocycles. The molecule has 0 spiro atoms. The fourth-order valence-corrected chi connectivity index (χ4v) is 1.32. The number of rotatable bonds is 6. The van der Waals surface area contributed by atoms with Gasteiger partial charge < -0.3 is 0 Å². The van der Waals surface area contributed by atoms with Crippen molar-refractivity contribution in [2.24, 2.45) is 0 Å². The Morgan fingerprint density at radius 1 is 1.30 bits per heavy atom. The van der Waals surface area contributed by atoms with Gasteiger partial charge in [0.15, 0.2) is 0 Å². The fraction of sp³-hybridized carbons (Fsp3) is 1.00.